The highest BCUT2D eigenvalue weighted by molar-refractivity contribution is 5.86. The van der Waals surface area contributed by atoms with Gasteiger partial charge in [-0.15, -0.1) is 0 Å². The second-order valence-corrected chi connectivity index (χ2v) is 2.35. The third-order valence-corrected chi connectivity index (χ3v) is 1.59. The Morgan fingerprint density at radius 3 is 3.09 bits per heavy atom. The van der Waals surface area contributed by atoms with Crippen LogP contribution in [0.1, 0.15) is 0 Å². The van der Waals surface area contributed by atoms with E-state index in [4.69, 9.17) is 5.73 Å². The number of piperazine rings is 1. The summed E-state index contributed by atoms with van der Waals surface area (Å²) in [5, 5.41) is 2.70. The number of rotatable bonds is 0. The first kappa shape index (κ1) is 7.84. The van der Waals surface area contributed by atoms with E-state index in [9.17, 15) is 4.79 Å². The average Bonchev–Trinajstić information content (AvgIpc) is 2.03. The second-order valence-electron chi connectivity index (χ2n) is 2.35. The molecule has 0 bridgehead atoms. The Labute approximate surface area is 65.3 Å². The van der Waals surface area contributed by atoms with Crippen LogP contribution in [0, 0.1) is 0 Å². The van der Waals surface area contributed by atoms with Gasteiger partial charge in [-0.1, -0.05) is 0 Å². The fourth-order valence-corrected chi connectivity index (χ4v) is 0.976. The minimum atomic E-state index is 0.00264. The van der Waals surface area contributed by atoms with Gasteiger partial charge in [-0.2, -0.15) is 0 Å². The Morgan fingerprint density at radius 2 is 2.55 bits per heavy atom. The number of amides is 1. The lowest BCUT2D eigenvalue weighted by Crippen LogP contribution is -2.52. The summed E-state index contributed by atoms with van der Waals surface area (Å²) in [7, 11) is 1.61. The fourth-order valence-electron chi connectivity index (χ4n) is 0.976. The first-order valence-electron chi connectivity index (χ1n) is 3.48. The predicted octanol–water partition coefficient (Wildman–Crippen LogP) is -1.64. The molecule has 5 heteroatoms. The summed E-state index contributed by atoms with van der Waals surface area (Å²) < 4.78 is 0. The van der Waals surface area contributed by atoms with Crippen molar-refractivity contribution in [3.63, 3.8) is 0 Å². The lowest BCUT2D eigenvalue weighted by molar-refractivity contribution is -0.122. The number of hydrogen-bond acceptors (Lipinski definition) is 2. The number of nitrogens with one attached hydrogen (secondary N) is 1. The van der Waals surface area contributed by atoms with E-state index in [1.54, 1.807) is 11.9 Å². The summed E-state index contributed by atoms with van der Waals surface area (Å²) >= 11 is 0. The van der Waals surface area contributed by atoms with Gasteiger partial charge in [-0.05, 0) is 0 Å². The maximum absolute atomic E-state index is 10.8. The van der Waals surface area contributed by atoms with E-state index < -0.39 is 0 Å². The van der Waals surface area contributed by atoms with Gasteiger partial charge in [0.25, 0.3) is 0 Å². The number of carbonyl (C=O) groups excluding carboxylic acids is 1. The van der Waals surface area contributed by atoms with Crippen LogP contribution in [-0.4, -0.2) is 43.4 Å². The molecule has 0 aromatic heterocycles. The van der Waals surface area contributed by atoms with Gasteiger partial charge in [0, 0.05) is 20.1 Å². The van der Waals surface area contributed by atoms with Gasteiger partial charge < -0.3 is 16.0 Å². The number of guanidine groups is 1. The molecule has 0 unspecified atom stereocenters. The molecule has 0 spiro atoms. The molecule has 0 saturated carbocycles. The van der Waals surface area contributed by atoms with E-state index in [-0.39, 0.29) is 5.91 Å². The maximum Gasteiger partial charge on any atom is 0.239 e. The molecule has 5 nitrogen and oxygen atoms in total. The monoisotopic (exact) mass is 156 g/mol. The molecule has 1 saturated heterocycles. The maximum atomic E-state index is 10.8. The fraction of sp³-hybridized carbons (Fsp3) is 0.667. The SMILES string of the molecule is CN=C(N)N1CCNC(=O)C1. The largest absolute Gasteiger partial charge is 0.370 e. The number of carbonyl (C=O) groups is 1. The summed E-state index contributed by atoms with van der Waals surface area (Å²) in [6.45, 7) is 1.72. The first-order valence-corrected chi connectivity index (χ1v) is 3.48. The van der Waals surface area contributed by atoms with Crippen molar-refractivity contribution in [2.24, 2.45) is 10.7 Å². The van der Waals surface area contributed by atoms with Crippen molar-refractivity contribution < 1.29 is 4.79 Å². The molecule has 11 heavy (non-hydrogen) atoms. The topological polar surface area (TPSA) is 70.7 Å². The molecule has 1 fully saturated rings. The number of hydrogen-bond donors (Lipinski definition) is 2. The number of aliphatic imine (C=N–C) groups is 1. The molecule has 0 atom stereocenters. The molecule has 0 aromatic carbocycles. The molecule has 1 aliphatic rings. The van der Waals surface area contributed by atoms with Crippen molar-refractivity contribution in [1.29, 1.82) is 0 Å². The van der Waals surface area contributed by atoms with Crippen molar-refractivity contribution in [2.75, 3.05) is 26.7 Å². The first-order chi connectivity index (χ1) is 5.24. The summed E-state index contributed by atoms with van der Waals surface area (Å²) in [6.07, 6.45) is 0. The highest BCUT2D eigenvalue weighted by Crippen LogP contribution is 1.91. The van der Waals surface area contributed by atoms with Crippen LogP contribution in [0.15, 0.2) is 4.99 Å². The lowest BCUT2D eigenvalue weighted by Gasteiger charge is -2.26. The third kappa shape index (κ3) is 1.83. The van der Waals surface area contributed by atoms with Crippen LogP contribution in [0.4, 0.5) is 0 Å². The highest BCUT2D eigenvalue weighted by atomic mass is 16.2. The van der Waals surface area contributed by atoms with E-state index >= 15 is 0 Å². The summed E-state index contributed by atoms with van der Waals surface area (Å²) in [6, 6.07) is 0. The molecule has 1 amide bonds. The van der Waals surface area contributed by atoms with Gasteiger partial charge in [-0.3, -0.25) is 9.79 Å². The molecule has 1 aliphatic heterocycles. The Bertz CT molecular complexity index is 189. The van der Waals surface area contributed by atoms with E-state index in [0.29, 0.717) is 19.0 Å². The Balaban J connectivity index is 2.52. The van der Waals surface area contributed by atoms with Gasteiger partial charge in [0.05, 0.1) is 6.54 Å². The van der Waals surface area contributed by atoms with Crippen molar-refractivity contribution in [3.05, 3.63) is 0 Å². The van der Waals surface area contributed by atoms with Crippen molar-refractivity contribution in [1.82, 2.24) is 10.2 Å². The molecular weight excluding hydrogens is 144 g/mol. The van der Waals surface area contributed by atoms with Crippen molar-refractivity contribution in [2.45, 2.75) is 0 Å². The molecule has 3 N–H and O–H groups in total. The molecular formula is C6H12N4O. The summed E-state index contributed by atoms with van der Waals surface area (Å²) in [5.41, 5.74) is 5.51. The van der Waals surface area contributed by atoms with Crippen LogP contribution in [0.5, 0.6) is 0 Å². The van der Waals surface area contributed by atoms with Crippen LogP contribution in [-0.2, 0) is 4.79 Å². The van der Waals surface area contributed by atoms with Gasteiger partial charge in [0.1, 0.15) is 0 Å². The normalized spacial score (nSPS) is 19.9. The van der Waals surface area contributed by atoms with E-state index in [0.717, 1.165) is 6.54 Å². The Hall–Kier alpha value is -1.26. The van der Waals surface area contributed by atoms with Crippen LogP contribution < -0.4 is 11.1 Å². The van der Waals surface area contributed by atoms with Crippen LogP contribution in [0.2, 0.25) is 0 Å². The molecule has 0 radical (unpaired) electrons. The zero-order chi connectivity index (χ0) is 8.27. The van der Waals surface area contributed by atoms with Crippen molar-refractivity contribution >= 4 is 11.9 Å². The van der Waals surface area contributed by atoms with Gasteiger partial charge in [0.2, 0.25) is 5.91 Å². The molecule has 0 aromatic rings. The van der Waals surface area contributed by atoms with E-state index in [1.807, 2.05) is 0 Å². The second kappa shape index (κ2) is 3.23. The molecule has 62 valence electrons. The standard InChI is InChI=1S/C6H12N4O/c1-8-6(7)10-3-2-9-5(11)4-10/h2-4H2,1H3,(H2,7,8)(H,9,11). The predicted molar refractivity (Wildman–Crippen MR) is 42.1 cm³/mol. The molecule has 0 aliphatic carbocycles. The quantitative estimate of drug-likeness (QED) is 0.326. The third-order valence-electron chi connectivity index (χ3n) is 1.59. The highest BCUT2D eigenvalue weighted by Gasteiger charge is 2.16. The number of nitrogens with zero attached hydrogens (tertiary/aromatic N) is 2. The molecule has 1 heterocycles. The van der Waals surface area contributed by atoms with E-state index in [1.165, 1.54) is 0 Å². The number of nitrogens with two attached hydrogens (primary N) is 1. The van der Waals surface area contributed by atoms with Crippen LogP contribution in [0.3, 0.4) is 0 Å². The van der Waals surface area contributed by atoms with Gasteiger partial charge >= 0.3 is 0 Å². The zero-order valence-corrected chi connectivity index (χ0v) is 6.50. The van der Waals surface area contributed by atoms with Crippen molar-refractivity contribution in [3.8, 4) is 0 Å². The summed E-state index contributed by atoms with van der Waals surface area (Å²) in [4.78, 5) is 16.4. The molecule has 1 rings (SSSR count). The minimum Gasteiger partial charge on any atom is -0.370 e. The Kier molecular flexibility index (Phi) is 2.30. The van der Waals surface area contributed by atoms with Gasteiger partial charge in [-0.25, -0.2) is 0 Å². The minimum absolute atomic E-state index is 0.00264. The van der Waals surface area contributed by atoms with Crippen LogP contribution in [0.25, 0.3) is 0 Å². The zero-order valence-electron chi connectivity index (χ0n) is 6.50. The van der Waals surface area contributed by atoms with Gasteiger partial charge in [0.15, 0.2) is 5.96 Å². The summed E-state index contributed by atoms with van der Waals surface area (Å²) in [5.74, 6) is 0.433. The lowest BCUT2D eigenvalue weighted by atomic mass is 10.4. The smallest absolute Gasteiger partial charge is 0.239 e. The Morgan fingerprint density at radius 1 is 1.82 bits per heavy atom. The average molecular weight is 156 g/mol. The van der Waals surface area contributed by atoms with Crippen LogP contribution >= 0.6 is 0 Å². The van der Waals surface area contributed by atoms with E-state index in [2.05, 4.69) is 10.3 Å².